The molecule has 0 unspecified atom stereocenters. The lowest BCUT2D eigenvalue weighted by atomic mass is 10.2. The number of para-hydroxylation sites is 2. The van der Waals surface area contributed by atoms with Gasteiger partial charge in [0.2, 0.25) is 10.0 Å². The van der Waals surface area contributed by atoms with Gasteiger partial charge in [-0.15, -0.1) is 0 Å². The Hall–Kier alpha value is -2.45. The lowest BCUT2D eigenvalue weighted by molar-refractivity contribution is 0.353. The van der Waals surface area contributed by atoms with Crippen LogP contribution in [0.15, 0.2) is 47.4 Å². The first kappa shape index (κ1) is 18.3. The predicted octanol–water partition coefficient (Wildman–Crippen LogP) is 1.92. The molecule has 1 N–H and O–H groups in total. The molecule has 26 heavy (non-hydrogen) atoms. The molecule has 0 aliphatic carbocycles. The van der Waals surface area contributed by atoms with Gasteiger partial charge >= 0.3 is 0 Å². The first-order valence-electron chi connectivity index (χ1n) is 8.22. The van der Waals surface area contributed by atoms with Crippen LogP contribution in [0.1, 0.15) is 0 Å². The van der Waals surface area contributed by atoms with Gasteiger partial charge in [0.1, 0.15) is 5.75 Å². The maximum Gasteiger partial charge on any atom is 0.243 e. The molecule has 0 atom stereocenters. The van der Waals surface area contributed by atoms with E-state index in [0.29, 0.717) is 37.7 Å². The van der Waals surface area contributed by atoms with E-state index in [9.17, 15) is 13.5 Å². The fourth-order valence-corrected chi connectivity index (χ4v) is 4.47. The summed E-state index contributed by atoms with van der Waals surface area (Å²) in [4.78, 5) is 2.15. The second kappa shape index (κ2) is 7.43. The van der Waals surface area contributed by atoms with Crippen molar-refractivity contribution >= 4 is 15.7 Å². The predicted molar refractivity (Wildman–Crippen MR) is 98.6 cm³/mol. The Morgan fingerprint density at radius 1 is 0.923 bits per heavy atom. The lowest BCUT2D eigenvalue weighted by Gasteiger charge is -2.35. The van der Waals surface area contributed by atoms with Crippen molar-refractivity contribution in [3.8, 4) is 17.2 Å². The number of sulfonamides is 1. The number of hydrogen-bond acceptors (Lipinski definition) is 6. The average Bonchev–Trinajstić information content (AvgIpc) is 2.68. The number of benzene rings is 2. The fraction of sp³-hybridized carbons (Fsp3) is 0.333. The lowest BCUT2D eigenvalue weighted by Crippen LogP contribution is -2.48. The Kier molecular flexibility index (Phi) is 5.24. The summed E-state index contributed by atoms with van der Waals surface area (Å²) in [6.45, 7) is 1.68. The van der Waals surface area contributed by atoms with Gasteiger partial charge in [0.15, 0.2) is 11.5 Å². The topological polar surface area (TPSA) is 79.3 Å². The SMILES string of the molecule is COc1ccc(S(=O)(=O)N2CCN(c3ccccc3O)CC2)cc1OC. The van der Waals surface area contributed by atoms with Gasteiger partial charge in [-0.1, -0.05) is 12.1 Å². The summed E-state index contributed by atoms with van der Waals surface area (Å²) in [5.41, 5.74) is 0.718. The summed E-state index contributed by atoms with van der Waals surface area (Å²) < 4.78 is 37.7. The second-order valence-electron chi connectivity index (χ2n) is 5.90. The van der Waals surface area contributed by atoms with Crippen molar-refractivity contribution in [1.82, 2.24) is 4.31 Å². The average molecular weight is 378 g/mol. The van der Waals surface area contributed by atoms with Gasteiger partial charge in [0.25, 0.3) is 0 Å². The van der Waals surface area contributed by atoms with Crippen molar-refractivity contribution < 1.29 is 23.0 Å². The van der Waals surface area contributed by atoms with Gasteiger partial charge in [0.05, 0.1) is 24.8 Å². The zero-order valence-corrected chi connectivity index (χ0v) is 15.6. The van der Waals surface area contributed by atoms with Crippen LogP contribution in [0.5, 0.6) is 17.2 Å². The van der Waals surface area contributed by atoms with E-state index >= 15 is 0 Å². The number of hydrogen-bond donors (Lipinski definition) is 1. The van der Waals surface area contributed by atoms with E-state index in [1.807, 2.05) is 17.0 Å². The van der Waals surface area contributed by atoms with E-state index in [-0.39, 0.29) is 10.6 Å². The van der Waals surface area contributed by atoms with E-state index in [1.54, 1.807) is 18.2 Å². The summed E-state index contributed by atoms with van der Waals surface area (Å²) in [7, 11) is -0.651. The number of anilines is 1. The molecule has 0 bridgehead atoms. The summed E-state index contributed by atoms with van der Waals surface area (Å²) in [6.07, 6.45) is 0. The van der Waals surface area contributed by atoms with Gasteiger partial charge in [-0.25, -0.2) is 8.42 Å². The van der Waals surface area contributed by atoms with E-state index in [0.717, 1.165) is 5.69 Å². The molecule has 2 aromatic rings. The van der Waals surface area contributed by atoms with Crippen LogP contribution >= 0.6 is 0 Å². The molecule has 1 heterocycles. The second-order valence-corrected chi connectivity index (χ2v) is 7.83. The van der Waals surface area contributed by atoms with Crippen LogP contribution in [0, 0.1) is 0 Å². The molecule has 0 saturated carbocycles. The smallest absolute Gasteiger partial charge is 0.243 e. The van der Waals surface area contributed by atoms with E-state index in [1.165, 1.54) is 30.7 Å². The maximum absolute atomic E-state index is 12.9. The van der Waals surface area contributed by atoms with Gasteiger partial charge in [-0.3, -0.25) is 0 Å². The Labute approximate surface area is 153 Å². The van der Waals surface area contributed by atoms with E-state index in [4.69, 9.17) is 9.47 Å². The van der Waals surface area contributed by atoms with Crippen molar-refractivity contribution in [2.24, 2.45) is 0 Å². The van der Waals surface area contributed by atoms with Crippen LogP contribution in [-0.4, -0.2) is 58.2 Å². The molecule has 1 saturated heterocycles. The molecule has 1 fully saturated rings. The van der Waals surface area contributed by atoms with E-state index in [2.05, 4.69) is 0 Å². The van der Waals surface area contributed by atoms with Crippen LogP contribution in [0.4, 0.5) is 5.69 Å². The van der Waals surface area contributed by atoms with Crippen molar-refractivity contribution in [3.63, 3.8) is 0 Å². The van der Waals surface area contributed by atoms with Crippen LogP contribution in [0.2, 0.25) is 0 Å². The van der Waals surface area contributed by atoms with Gasteiger partial charge in [0, 0.05) is 32.2 Å². The molecule has 0 amide bonds. The summed E-state index contributed by atoms with van der Waals surface area (Å²) in [6, 6.07) is 11.6. The maximum atomic E-state index is 12.9. The van der Waals surface area contributed by atoms with Crippen LogP contribution in [0.25, 0.3) is 0 Å². The van der Waals surface area contributed by atoms with Gasteiger partial charge in [-0.05, 0) is 24.3 Å². The summed E-state index contributed by atoms with van der Waals surface area (Å²) >= 11 is 0. The van der Waals surface area contributed by atoms with Crippen LogP contribution in [0.3, 0.4) is 0 Å². The van der Waals surface area contributed by atoms with Crippen LogP contribution < -0.4 is 14.4 Å². The number of nitrogens with zero attached hydrogens (tertiary/aromatic N) is 2. The van der Waals surface area contributed by atoms with Crippen LogP contribution in [-0.2, 0) is 10.0 Å². The highest BCUT2D eigenvalue weighted by Gasteiger charge is 2.29. The van der Waals surface area contributed by atoms with Gasteiger partial charge in [-0.2, -0.15) is 4.31 Å². The zero-order chi connectivity index (χ0) is 18.7. The minimum Gasteiger partial charge on any atom is -0.506 e. The van der Waals surface area contributed by atoms with Crippen molar-refractivity contribution in [2.75, 3.05) is 45.3 Å². The number of phenolic OH excluding ortho intramolecular Hbond substituents is 1. The first-order chi connectivity index (χ1) is 12.5. The molecular weight excluding hydrogens is 356 g/mol. The largest absolute Gasteiger partial charge is 0.506 e. The minimum absolute atomic E-state index is 0.172. The molecule has 2 aromatic carbocycles. The van der Waals surface area contributed by atoms with E-state index < -0.39 is 10.0 Å². The molecule has 1 aliphatic heterocycles. The number of ether oxygens (including phenoxy) is 2. The number of methoxy groups -OCH3 is 2. The molecular formula is C18H22N2O5S. The normalized spacial score (nSPS) is 15.7. The summed E-state index contributed by atoms with van der Waals surface area (Å²) in [5.74, 6) is 1.06. The Morgan fingerprint density at radius 2 is 1.58 bits per heavy atom. The van der Waals surface area contributed by atoms with Gasteiger partial charge < -0.3 is 19.5 Å². The molecule has 0 spiro atoms. The zero-order valence-electron chi connectivity index (χ0n) is 14.8. The minimum atomic E-state index is -3.63. The number of rotatable bonds is 5. The molecule has 7 nitrogen and oxygen atoms in total. The Balaban J connectivity index is 1.77. The third kappa shape index (κ3) is 3.42. The monoisotopic (exact) mass is 378 g/mol. The third-order valence-electron chi connectivity index (χ3n) is 4.45. The fourth-order valence-electron chi connectivity index (χ4n) is 3.03. The number of phenols is 1. The third-order valence-corrected chi connectivity index (χ3v) is 6.35. The highest BCUT2D eigenvalue weighted by atomic mass is 32.2. The number of piperazine rings is 1. The highest BCUT2D eigenvalue weighted by Crippen LogP contribution is 2.32. The molecule has 140 valence electrons. The molecule has 0 aromatic heterocycles. The number of aromatic hydroxyl groups is 1. The standard InChI is InChI=1S/C18H22N2O5S/c1-24-17-8-7-14(13-18(17)25-2)26(22,23)20-11-9-19(10-12-20)15-5-3-4-6-16(15)21/h3-8,13,21H,9-12H2,1-2H3. The quantitative estimate of drug-likeness (QED) is 0.856. The van der Waals surface area contributed by atoms with Crippen molar-refractivity contribution in [2.45, 2.75) is 4.90 Å². The molecule has 0 radical (unpaired) electrons. The summed E-state index contributed by atoms with van der Waals surface area (Å²) in [5, 5.41) is 9.97. The van der Waals surface area contributed by atoms with Crippen molar-refractivity contribution in [3.05, 3.63) is 42.5 Å². The molecule has 1 aliphatic rings. The first-order valence-corrected chi connectivity index (χ1v) is 9.66. The highest BCUT2D eigenvalue weighted by molar-refractivity contribution is 7.89. The molecule has 3 rings (SSSR count). The van der Waals surface area contributed by atoms with Crippen molar-refractivity contribution in [1.29, 1.82) is 0 Å². The molecule has 8 heteroatoms. The Bertz CT molecular complexity index is 877. The Morgan fingerprint density at radius 3 is 2.19 bits per heavy atom.